The van der Waals surface area contributed by atoms with Crippen molar-refractivity contribution in [2.24, 2.45) is 17.8 Å². The fourth-order valence-corrected chi connectivity index (χ4v) is 2.69. The summed E-state index contributed by atoms with van der Waals surface area (Å²) in [7, 11) is 0. The van der Waals surface area contributed by atoms with Crippen molar-refractivity contribution >= 4 is 5.91 Å². The summed E-state index contributed by atoms with van der Waals surface area (Å²) in [6, 6.07) is 0. The van der Waals surface area contributed by atoms with E-state index in [1.165, 1.54) is 0 Å². The zero-order valence-electron chi connectivity index (χ0n) is 8.08. The quantitative estimate of drug-likeness (QED) is 0.644. The number of hydrogen-bond donors (Lipinski definition) is 1. The summed E-state index contributed by atoms with van der Waals surface area (Å²) in [6.45, 7) is 3.75. The number of likely N-dealkylation sites (tertiary alicyclic amines) is 1. The molecule has 2 heterocycles. The lowest BCUT2D eigenvalue weighted by Crippen LogP contribution is -2.33. The Bertz CT molecular complexity index is 259. The van der Waals surface area contributed by atoms with Gasteiger partial charge in [0.1, 0.15) is 6.17 Å². The molecule has 0 spiro atoms. The van der Waals surface area contributed by atoms with E-state index in [0.717, 1.165) is 26.2 Å². The van der Waals surface area contributed by atoms with Crippen molar-refractivity contribution in [1.29, 1.82) is 0 Å². The van der Waals surface area contributed by atoms with Gasteiger partial charge in [0.15, 0.2) is 0 Å². The Balaban J connectivity index is 1.62. The highest BCUT2D eigenvalue weighted by Crippen LogP contribution is 2.37. The van der Waals surface area contributed by atoms with Crippen molar-refractivity contribution in [3.8, 4) is 0 Å². The van der Waals surface area contributed by atoms with Crippen LogP contribution >= 0.6 is 0 Å². The normalized spacial score (nSPS) is 45.4. The monoisotopic (exact) mass is 198 g/mol. The molecule has 3 rings (SSSR count). The van der Waals surface area contributed by atoms with E-state index >= 15 is 0 Å². The minimum Gasteiger partial charge on any atom is -0.342 e. The second kappa shape index (κ2) is 2.92. The summed E-state index contributed by atoms with van der Waals surface area (Å²) < 4.78 is 12.7. The molecule has 4 atom stereocenters. The van der Waals surface area contributed by atoms with Gasteiger partial charge in [0, 0.05) is 26.2 Å². The van der Waals surface area contributed by atoms with Gasteiger partial charge in [-0.15, -0.1) is 0 Å². The SMILES string of the molecule is O=C([C@H]1C[C@@H]1F)N1CC2CNCC2C1. The van der Waals surface area contributed by atoms with E-state index in [1.807, 2.05) is 4.90 Å². The van der Waals surface area contributed by atoms with Crippen LogP contribution in [0, 0.1) is 17.8 Å². The van der Waals surface area contributed by atoms with Gasteiger partial charge in [-0.25, -0.2) is 4.39 Å². The molecular weight excluding hydrogens is 183 g/mol. The average molecular weight is 198 g/mol. The Morgan fingerprint density at radius 3 is 2.36 bits per heavy atom. The molecule has 1 aliphatic carbocycles. The van der Waals surface area contributed by atoms with Crippen LogP contribution in [-0.4, -0.2) is 43.2 Å². The van der Waals surface area contributed by atoms with Crippen molar-refractivity contribution < 1.29 is 9.18 Å². The molecule has 3 aliphatic rings. The lowest BCUT2D eigenvalue weighted by atomic mass is 10.0. The van der Waals surface area contributed by atoms with Crippen LogP contribution in [-0.2, 0) is 4.79 Å². The maximum absolute atomic E-state index is 12.7. The lowest BCUT2D eigenvalue weighted by Gasteiger charge is -2.16. The molecule has 2 unspecified atom stereocenters. The van der Waals surface area contributed by atoms with Crippen LogP contribution in [0.1, 0.15) is 6.42 Å². The third-order valence-electron chi connectivity index (χ3n) is 3.73. The minimum absolute atomic E-state index is 0.0619. The number of fused-ring (bicyclic) bond motifs is 1. The van der Waals surface area contributed by atoms with E-state index in [4.69, 9.17) is 0 Å². The predicted molar refractivity (Wildman–Crippen MR) is 49.4 cm³/mol. The molecule has 3 nitrogen and oxygen atoms in total. The first-order valence-corrected chi connectivity index (χ1v) is 5.39. The highest BCUT2D eigenvalue weighted by Gasteiger charge is 2.48. The molecule has 0 radical (unpaired) electrons. The zero-order valence-corrected chi connectivity index (χ0v) is 8.08. The Kier molecular flexibility index (Phi) is 1.81. The fourth-order valence-electron chi connectivity index (χ4n) is 2.69. The van der Waals surface area contributed by atoms with Gasteiger partial charge in [0.2, 0.25) is 5.91 Å². The molecule has 0 aromatic carbocycles. The van der Waals surface area contributed by atoms with Crippen LogP contribution in [0.3, 0.4) is 0 Å². The van der Waals surface area contributed by atoms with E-state index in [0.29, 0.717) is 18.3 Å². The molecule has 2 aliphatic heterocycles. The standard InChI is InChI=1S/C10H15FN2O/c11-9-1-8(9)10(14)13-4-6-2-12-3-7(6)5-13/h6-9,12H,1-5H2/t6?,7?,8-,9-/m0/s1. The largest absolute Gasteiger partial charge is 0.342 e. The van der Waals surface area contributed by atoms with Crippen LogP contribution in [0.25, 0.3) is 0 Å². The molecule has 0 aromatic heterocycles. The third kappa shape index (κ3) is 1.24. The minimum atomic E-state index is -0.846. The van der Waals surface area contributed by atoms with Crippen LogP contribution in [0.4, 0.5) is 4.39 Å². The van der Waals surface area contributed by atoms with Gasteiger partial charge in [0.05, 0.1) is 5.92 Å². The van der Waals surface area contributed by atoms with Crippen molar-refractivity contribution in [3.05, 3.63) is 0 Å². The van der Waals surface area contributed by atoms with Crippen molar-refractivity contribution in [2.45, 2.75) is 12.6 Å². The summed E-state index contributed by atoms with van der Waals surface area (Å²) in [4.78, 5) is 13.6. The average Bonchev–Trinajstić information content (AvgIpc) is 2.62. The number of hydrogen-bond acceptors (Lipinski definition) is 2. The molecule has 0 bridgehead atoms. The summed E-state index contributed by atoms with van der Waals surface area (Å²) >= 11 is 0. The van der Waals surface area contributed by atoms with Crippen LogP contribution in [0.15, 0.2) is 0 Å². The van der Waals surface area contributed by atoms with Gasteiger partial charge in [-0.2, -0.15) is 0 Å². The van der Waals surface area contributed by atoms with Gasteiger partial charge in [-0.1, -0.05) is 0 Å². The number of alkyl halides is 1. The number of nitrogens with one attached hydrogen (secondary N) is 1. The molecule has 1 saturated carbocycles. The first-order valence-electron chi connectivity index (χ1n) is 5.39. The summed E-state index contributed by atoms with van der Waals surface area (Å²) in [5.41, 5.74) is 0. The Hall–Kier alpha value is -0.640. The van der Waals surface area contributed by atoms with Crippen LogP contribution in [0.2, 0.25) is 0 Å². The van der Waals surface area contributed by atoms with Crippen molar-refractivity contribution in [1.82, 2.24) is 10.2 Å². The Morgan fingerprint density at radius 1 is 1.29 bits per heavy atom. The highest BCUT2D eigenvalue weighted by atomic mass is 19.1. The van der Waals surface area contributed by atoms with Crippen molar-refractivity contribution in [2.75, 3.05) is 26.2 Å². The van der Waals surface area contributed by atoms with E-state index < -0.39 is 6.17 Å². The van der Waals surface area contributed by atoms with Gasteiger partial charge < -0.3 is 10.2 Å². The number of nitrogens with zero attached hydrogens (tertiary/aromatic N) is 1. The number of halogens is 1. The van der Waals surface area contributed by atoms with E-state index in [-0.39, 0.29) is 11.8 Å². The number of carbonyl (C=O) groups is 1. The second-order valence-corrected chi connectivity index (χ2v) is 4.78. The number of carbonyl (C=O) groups excluding carboxylic acids is 1. The first-order chi connectivity index (χ1) is 6.75. The summed E-state index contributed by atoms with van der Waals surface area (Å²) in [5.74, 6) is 1.01. The van der Waals surface area contributed by atoms with Gasteiger partial charge in [0.25, 0.3) is 0 Å². The summed E-state index contributed by atoms with van der Waals surface area (Å²) in [6.07, 6.45) is -0.385. The topological polar surface area (TPSA) is 32.3 Å². The molecule has 2 saturated heterocycles. The Morgan fingerprint density at radius 2 is 1.86 bits per heavy atom. The molecular formula is C10H15FN2O. The fraction of sp³-hybridized carbons (Fsp3) is 0.900. The second-order valence-electron chi connectivity index (χ2n) is 4.78. The lowest BCUT2D eigenvalue weighted by molar-refractivity contribution is -0.132. The maximum Gasteiger partial charge on any atom is 0.228 e. The molecule has 3 fully saturated rings. The van der Waals surface area contributed by atoms with Gasteiger partial charge in [-0.3, -0.25) is 4.79 Å². The predicted octanol–water partition coefficient (Wildman–Crippen LogP) is 0.0222. The molecule has 14 heavy (non-hydrogen) atoms. The number of rotatable bonds is 1. The smallest absolute Gasteiger partial charge is 0.228 e. The molecule has 4 heteroatoms. The third-order valence-corrected chi connectivity index (χ3v) is 3.73. The number of amides is 1. The first kappa shape index (κ1) is 8.65. The molecule has 78 valence electrons. The van der Waals surface area contributed by atoms with Crippen molar-refractivity contribution in [3.63, 3.8) is 0 Å². The van der Waals surface area contributed by atoms with Gasteiger partial charge >= 0.3 is 0 Å². The van der Waals surface area contributed by atoms with E-state index in [1.54, 1.807) is 0 Å². The zero-order chi connectivity index (χ0) is 9.71. The maximum atomic E-state index is 12.7. The van der Waals surface area contributed by atoms with E-state index in [9.17, 15) is 9.18 Å². The van der Waals surface area contributed by atoms with Crippen LogP contribution in [0.5, 0.6) is 0 Å². The summed E-state index contributed by atoms with van der Waals surface area (Å²) in [5, 5.41) is 3.33. The van der Waals surface area contributed by atoms with Crippen LogP contribution < -0.4 is 5.32 Å². The Labute approximate surface area is 82.6 Å². The van der Waals surface area contributed by atoms with E-state index in [2.05, 4.69) is 5.32 Å². The van der Waals surface area contributed by atoms with Gasteiger partial charge in [-0.05, 0) is 18.3 Å². The molecule has 1 N–H and O–H groups in total. The highest BCUT2D eigenvalue weighted by molar-refractivity contribution is 5.82. The molecule has 1 amide bonds. The molecule has 0 aromatic rings.